The van der Waals surface area contributed by atoms with Gasteiger partial charge in [0, 0.05) is 10.9 Å². The van der Waals surface area contributed by atoms with E-state index in [9.17, 15) is 0 Å². The lowest BCUT2D eigenvalue weighted by molar-refractivity contribution is -0.0118. The van der Waals surface area contributed by atoms with Crippen molar-refractivity contribution in [2.45, 2.75) is 45.3 Å². The van der Waals surface area contributed by atoms with E-state index in [1.807, 2.05) is 30.3 Å². The van der Waals surface area contributed by atoms with E-state index in [4.69, 9.17) is 18.8 Å². The lowest BCUT2D eigenvalue weighted by Gasteiger charge is -2.35. The van der Waals surface area contributed by atoms with Crippen molar-refractivity contribution in [1.82, 2.24) is 0 Å². The molecule has 154 valence electrons. The van der Waals surface area contributed by atoms with Crippen LogP contribution >= 0.6 is 0 Å². The average molecular weight is 410 g/mol. The van der Waals surface area contributed by atoms with Crippen LogP contribution in [-0.2, 0) is 9.31 Å². The molecule has 1 fully saturated rings. The SMILES string of the molecule is CCC1(C)OB(c2cccc3c2Oc2cccc4c2B3c2ccccc2O4)OC1(C)C. The molecule has 3 aromatic rings. The highest BCUT2D eigenvalue weighted by molar-refractivity contribution is 6.98. The highest BCUT2D eigenvalue weighted by atomic mass is 16.7. The molecule has 1 saturated heterocycles. The van der Waals surface area contributed by atoms with E-state index < -0.39 is 12.7 Å². The number of para-hydroxylation sites is 2. The van der Waals surface area contributed by atoms with E-state index in [0.717, 1.165) is 51.3 Å². The van der Waals surface area contributed by atoms with Crippen LogP contribution in [0.1, 0.15) is 34.1 Å². The van der Waals surface area contributed by atoms with Gasteiger partial charge in [-0.05, 0) is 56.3 Å². The number of hydrogen-bond acceptors (Lipinski definition) is 4. The number of ether oxygens (including phenoxy) is 2. The van der Waals surface area contributed by atoms with E-state index in [1.54, 1.807) is 0 Å². The fourth-order valence-corrected chi connectivity index (χ4v) is 5.04. The molecule has 3 aliphatic heterocycles. The van der Waals surface area contributed by atoms with Crippen LogP contribution in [0.5, 0.6) is 23.0 Å². The number of benzene rings is 3. The van der Waals surface area contributed by atoms with Gasteiger partial charge in [-0.2, -0.15) is 0 Å². The molecule has 0 N–H and O–H groups in total. The predicted octanol–water partition coefficient (Wildman–Crippen LogP) is 3.10. The van der Waals surface area contributed by atoms with Gasteiger partial charge in [0.05, 0.1) is 11.2 Å². The zero-order valence-electron chi connectivity index (χ0n) is 18.3. The Labute approximate surface area is 183 Å². The minimum Gasteiger partial charge on any atom is -0.459 e. The Morgan fingerprint density at radius 2 is 1.35 bits per heavy atom. The van der Waals surface area contributed by atoms with Gasteiger partial charge in [-0.1, -0.05) is 49.4 Å². The number of rotatable bonds is 2. The zero-order valence-corrected chi connectivity index (χ0v) is 18.3. The summed E-state index contributed by atoms with van der Waals surface area (Å²) in [6.07, 6.45) is 0.867. The summed E-state index contributed by atoms with van der Waals surface area (Å²) in [6, 6.07) is 20.5. The van der Waals surface area contributed by atoms with Crippen molar-refractivity contribution < 1.29 is 18.8 Å². The molecule has 3 aliphatic rings. The van der Waals surface area contributed by atoms with Gasteiger partial charge in [-0.25, -0.2) is 0 Å². The highest BCUT2D eigenvalue weighted by Crippen LogP contribution is 2.40. The lowest BCUT2D eigenvalue weighted by Crippen LogP contribution is -2.58. The van der Waals surface area contributed by atoms with Gasteiger partial charge in [-0.15, -0.1) is 0 Å². The third-order valence-corrected chi connectivity index (χ3v) is 7.33. The van der Waals surface area contributed by atoms with E-state index in [1.165, 1.54) is 0 Å². The Morgan fingerprint density at radius 3 is 2.13 bits per heavy atom. The molecule has 0 aliphatic carbocycles. The van der Waals surface area contributed by atoms with Crippen molar-refractivity contribution in [2.24, 2.45) is 0 Å². The standard InChI is InChI=1S/C25H24B2O4/c1-5-25(4)24(2,3)30-27(31-25)18-12-8-11-17-23(18)29-21-15-9-14-20-22(21)26(17)16-10-6-7-13-19(16)28-20/h6-15H,5H2,1-4H3. The quantitative estimate of drug-likeness (QED) is 0.420. The van der Waals surface area contributed by atoms with Crippen LogP contribution in [0.2, 0.25) is 0 Å². The van der Waals surface area contributed by atoms with Gasteiger partial charge < -0.3 is 18.8 Å². The van der Waals surface area contributed by atoms with Gasteiger partial charge >= 0.3 is 7.12 Å². The highest BCUT2D eigenvalue weighted by Gasteiger charge is 2.55. The van der Waals surface area contributed by atoms with Crippen LogP contribution in [0.4, 0.5) is 0 Å². The molecule has 0 aromatic heterocycles. The first-order chi connectivity index (χ1) is 14.9. The minimum atomic E-state index is -0.477. The Balaban J connectivity index is 1.53. The van der Waals surface area contributed by atoms with Gasteiger partial charge in [0.1, 0.15) is 23.0 Å². The molecule has 0 amide bonds. The normalized spacial score (nSPS) is 22.2. The molecule has 0 spiro atoms. The summed E-state index contributed by atoms with van der Waals surface area (Å²) in [6.45, 7) is 8.51. The first-order valence-electron chi connectivity index (χ1n) is 11.0. The summed E-state index contributed by atoms with van der Waals surface area (Å²) in [5.74, 6) is 3.40. The van der Waals surface area contributed by atoms with Crippen molar-refractivity contribution in [3.05, 3.63) is 60.7 Å². The lowest BCUT2D eigenvalue weighted by atomic mass is 9.34. The van der Waals surface area contributed by atoms with Crippen LogP contribution < -0.4 is 31.3 Å². The third-order valence-electron chi connectivity index (χ3n) is 7.33. The fraction of sp³-hybridized carbons (Fsp3) is 0.280. The molecule has 3 aromatic carbocycles. The molecule has 1 atom stereocenters. The van der Waals surface area contributed by atoms with Gasteiger partial charge in [-0.3, -0.25) is 0 Å². The van der Waals surface area contributed by atoms with Crippen LogP contribution in [0.25, 0.3) is 0 Å². The third kappa shape index (κ3) is 2.58. The second kappa shape index (κ2) is 6.41. The molecule has 0 radical (unpaired) electrons. The molecular formula is C25H24B2O4. The molecule has 0 bridgehead atoms. The molecule has 3 heterocycles. The van der Waals surface area contributed by atoms with Gasteiger partial charge in [0.15, 0.2) is 0 Å². The summed E-state index contributed by atoms with van der Waals surface area (Å²) < 4.78 is 25.7. The van der Waals surface area contributed by atoms with Crippen molar-refractivity contribution >= 4 is 35.7 Å². The number of fused-ring (bicyclic) bond motifs is 4. The van der Waals surface area contributed by atoms with Crippen molar-refractivity contribution in [3.63, 3.8) is 0 Å². The van der Waals surface area contributed by atoms with Crippen LogP contribution in [0.15, 0.2) is 60.7 Å². The van der Waals surface area contributed by atoms with E-state index >= 15 is 0 Å². The maximum atomic E-state index is 6.51. The zero-order chi connectivity index (χ0) is 21.4. The maximum absolute atomic E-state index is 6.51. The summed E-state index contributed by atoms with van der Waals surface area (Å²) in [5.41, 5.74) is 3.51. The van der Waals surface area contributed by atoms with Crippen LogP contribution in [0.3, 0.4) is 0 Å². The first-order valence-corrected chi connectivity index (χ1v) is 11.0. The molecule has 0 saturated carbocycles. The fourth-order valence-electron chi connectivity index (χ4n) is 5.04. The molecule has 4 nitrogen and oxygen atoms in total. The van der Waals surface area contributed by atoms with Gasteiger partial charge in [0.25, 0.3) is 6.71 Å². The minimum absolute atomic E-state index is 0.0480. The Kier molecular flexibility index (Phi) is 3.93. The second-order valence-electron chi connectivity index (χ2n) is 9.27. The average Bonchev–Trinajstić information content (AvgIpc) is 3.02. The summed E-state index contributed by atoms with van der Waals surface area (Å²) in [7, 11) is -0.477. The predicted molar refractivity (Wildman–Crippen MR) is 124 cm³/mol. The maximum Gasteiger partial charge on any atom is 0.498 e. The molecule has 1 unspecified atom stereocenters. The molecule has 6 rings (SSSR count). The number of hydrogen-bond donors (Lipinski definition) is 0. The van der Waals surface area contributed by atoms with E-state index in [-0.39, 0.29) is 12.3 Å². The molecule has 6 heteroatoms. The van der Waals surface area contributed by atoms with Gasteiger partial charge in [0.2, 0.25) is 0 Å². The van der Waals surface area contributed by atoms with Crippen LogP contribution in [-0.4, -0.2) is 25.0 Å². The summed E-state index contributed by atoms with van der Waals surface area (Å²) in [4.78, 5) is 0. The smallest absolute Gasteiger partial charge is 0.459 e. The Hall–Kier alpha value is -2.69. The molecule has 31 heavy (non-hydrogen) atoms. The van der Waals surface area contributed by atoms with Crippen molar-refractivity contribution in [2.75, 3.05) is 0 Å². The van der Waals surface area contributed by atoms with Crippen molar-refractivity contribution in [3.8, 4) is 23.0 Å². The van der Waals surface area contributed by atoms with Crippen molar-refractivity contribution in [1.29, 1.82) is 0 Å². The largest absolute Gasteiger partial charge is 0.498 e. The van der Waals surface area contributed by atoms with E-state index in [0.29, 0.717) is 0 Å². The Bertz CT molecular complexity index is 1210. The summed E-state index contributed by atoms with van der Waals surface area (Å²) in [5, 5.41) is 0. The summed E-state index contributed by atoms with van der Waals surface area (Å²) >= 11 is 0. The second-order valence-corrected chi connectivity index (χ2v) is 9.27. The molecular weight excluding hydrogens is 386 g/mol. The van der Waals surface area contributed by atoms with Crippen LogP contribution in [0, 0.1) is 0 Å². The van der Waals surface area contributed by atoms with E-state index in [2.05, 4.69) is 58.0 Å². The topological polar surface area (TPSA) is 36.9 Å². The Morgan fingerprint density at radius 1 is 0.710 bits per heavy atom. The monoisotopic (exact) mass is 410 g/mol. The first kappa shape index (κ1) is 19.0.